The van der Waals surface area contributed by atoms with E-state index in [1.807, 2.05) is 12.3 Å². The number of hydrogen-bond acceptors (Lipinski definition) is 3. The first-order chi connectivity index (χ1) is 8.49. The fourth-order valence-electron chi connectivity index (χ4n) is 1.68. The number of anilines is 1. The molecule has 0 aliphatic carbocycles. The summed E-state index contributed by atoms with van der Waals surface area (Å²) in [6.45, 7) is 4.12. The average molecular weight is 245 g/mol. The highest BCUT2D eigenvalue weighted by atomic mass is 16.4. The fourth-order valence-corrected chi connectivity index (χ4v) is 1.68. The van der Waals surface area contributed by atoms with Gasteiger partial charge in [0.05, 0.1) is 22.6 Å². The zero-order valence-electron chi connectivity index (χ0n) is 10.3. The molecule has 18 heavy (non-hydrogen) atoms. The molecule has 3 N–H and O–H groups in total. The van der Waals surface area contributed by atoms with Crippen molar-refractivity contribution in [2.24, 2.45) is 0 Å². The first kappa shape index (κ1) is 12.2. The van der Waals surface area contributed by atoms with Gasteiger partial charge >= 0.3 is 5.97 Å². The van der Waals surface area contributed by atoms with Crippen molar-refractivity contribution in [3.8, 4) is 5.69 Å². The monoisotopic (exact) mass is 245 g/mol. The average Bonchev–Trinajstić information content (AvgIpc) is 2.78. The van der Waals surface area contributed by atoms with Crippen LogP contribution in [0.25, 0.3) is 5.69 Å². The van der Waals surface area contributed by atoms with Crippen LogP contribution in [0.1, 0.15) is 35.8 Å². The van der Waals surface area contributed by atoms with E-state index in [9.17, 15) is 4.79 Å². The van der Waals surface area contributed by atoms with E-state index in [4.69, 9.17) is 10.8 Å². The van der Waals surface area contributed by atoms with Gasteiger partial charge in [-0.15, -0.1) is 0 Å². The Morgan fingerprint density at radius 3 is 2.61 bits per heavy atom. The van der Waals surface area contributed by atoms with E-state index < -0.39 is 5.97 Å². The Labute approximate surface area is 105 Å². The molecule has 0 unspecified atom stereocenters. The van der Waals surface area contributed by atoms with Crippen LogP contribution in [0.5, 0.6) is 0 Å². The van der Waals surface area contributed by atoms with Crippen LogP contribution in [0.4, 0.5) is 5.69 Å². The third-order valence-electron chi connectivity index (χ3n) is 2.72. The highest BCUT2D eigenvalue weighted by Crippen LogP contribution is 2.20. The first-order valence-corrected chi connectivity index (χ1v) is 5.68. The summed E-state index contributed by atoms with van der Waals surface area (Å²) < 4.78 is 1.66. The van der Waals surface area contributed by atoms with Crippen LogP contribution in [0, 0.1) is 0 Å². The van der Waals surface area contributed by atoms with E-state index in [2.05, 4.69) is 18.9 Å². The summed E-state index contributed by atoms with van der Waals surface area (Å²) in [6.07, 6.45) is 1.82. The second-order valence-corrected chi connectivity index (χ2v) is 4.42. The largest absolute Gasteiger partial charge is 0.478 e. The van der Waals surface area contributed by atoms with Crippen LogP contribution < -0.4 is 5.73 Å². The number of hydrogen-bond donors (Lipinski definition) is 2. The molecule has 0 saturated heterocycles. The number of nitrogen functional groups attached to an aromatic ring is 1. The van der Waals surface area contributed by atoms with Gasteiger partial charge < -0.3 is 10.8 Å². The second-order valence-electron chi connectivity index (χ2n) is 4.42. The topological polar surface area (TPSA) is 81.1 Å². The van der Waals surface area contributed by atoms with Crippen molar-refractivity contribution in [1.29, 1.82) is 0 Å². The number of nitrogens with two attached hydrogens (primary N) is 1. The number of carboxylic acid groups (broad SMARTS) is 1. The summed E-state index contributed by atoms with van der Waals surface area (Å²) in [5, 5.41) is 13.3. The minimum Gasteiger partial charge on any atom is -0.478 e. The molecular weight excluding hydrogens is 230 g/mol. The maximum Gasteiger partial charge on any atom is 0.335 e. The fraction of sp³-hybridized carbons (Fsp3) is 0.231. The molecule has 94 valence electrons. The van der Waals surface area contributed by atoms with Crippen LogP contribution in [0.15, 0.2) is 30.5 Å². The summed E-state index contributed by atoms with van der Waals surface area (Å²) in [7, 11) is 0. The van der Waals surface area contributed by atoms with Crippen molar-refractivity contribution in [3.63, 3.8) is 0 Å². The Kier molecular flexibility index (Phi) is 3.06. The normalized spacial score (nSPS) is 10.8. The third-order valence-corrected chi connectivity index (χ3v) is 2.72. The van der Waals surface area contributed by atoms with Gasteiger partial charge in [-0.3, -0.25) is 0 Å². The molecule has 0 atom stereocenters. The predicted molar refractivity (Wildman–Crippen MR) is 69.0 cm³/mol. The summed E-state index contributed by atoms with van der Waals surface area (Å²) >= 11 is 0. The lowest BCUT2D eigenvalue weighted by Crippen LogP contribution is -2.04. The molecule has 5 nitrogen and oxygen atoms in total. The molecule has 2 rings (SSSR count). The summed E-state index contributed by atoms with van der Waals surface area (Å²) in [4.78, 5) is 10.8. The van der Waals surface area contributed by atoms with Gasteiger partial charge in [-0.1, -0.05) is 13.8 Å². The molecule has 0 bridgehead atoms. The van der Waals surface area contributed by atoms with Gasteiger partial charge in [0.25, 0.3) is 0 Å². The summed E-state index contributed by atoms with van der Waals surface area (Å²) in [5.41, 5.74) is 8.08. The molecule has 0 saturated carbocycles. The lowest BCUT2D eigenvalue weighted by molar-refractivity contribution is 0.0697. The molecule has 0 fully saturated rings. The lowest BCUT2D eigenvalue weighted by atomic mass is 10.1. The molecule has 0 spiro atoms. The van der Waals surface area contributed by atoms with Crippen LogP contribution in [0.3, 0.4) is 0 Å². The summed E-state index contributed by atoms with van der Waals surface area (Å²) in [5.74, 6) is -0.651. The van der Waals surface area contributed by atoms with Gasteiger partial charge in [0.15, 0.2) is 0 Å². The predicted octanol–water partition coefficient (Wildman–Crippen LogP) is 2.28. The SMILES string of the molecule is CC(C)c1ccn(-c2ccc(C(=O)O)cc2N)n1. The number of benzene rings is 1. The Morgan fingerprint density at radius 2 is 2.11 bits per heavy atom. The lowest BCUT2D eigenvalue weighted by Gasteiger charge is -2.07. The Morgan fingerprint density at radius 1 is 1.39 bits per heavy atom. The zero-order chi connectivity index (χ0) is 13.3. The molecule has 0 aliphatic heterocycles. The maximum absolute atomic E-state index is 10.8. The first-order valence-electron chi connectivity index (χ1n) is 5.68. The molecule has 1 heterocycles. The van der Waals surface area contributed by atoms with Crippen molar-refractivity contribution in [2.75, 3.05) is 5.73 Å². The van der Waals surface area contributed by atoms with Crippen LogP contribution in [-0.2, 0) is 0 Å². The van der Waals surface area contributed by atoms with Gasteiger partial charge in [0, 0.05) is 6.20 Å². The Hall–Kier alpha value is -2.30. The number of nitrogens with zero attached hydrogens (tertiary/aromatic N) is 2. The molecule has 0 amide bonds. The molecule has 0 aliphatic rings. The van der Waals surface area contributed by atoms with Crippen molar-refractivity contribution in [1.82, 2.24) is 9.78 Å². The van der Waals surface area contributed by atoms with Crippen LogP contribution in [-0.4, -0.2) is 20.9 Å². The van der Waals surface area contributed by atoms with E-state index in [-0.39, 0.29) is 5.56 Å². The van der Waals surface area contributed by atoms with Crippen molar-refractivity contribution in [3.05, 3.63) is 41.7 Å². The maximum atomic E-state index is 10.8. The highest BCUT2D eigenvalue weighted by Gasteiger charge is 2.10. The number of rotatable bonds is 3. The quantitative estimate of drug-likeness (QED) is 0.813. The standard InChI is InChI=1S/C13H15N3O2/c1-8(2)11-5-6-16(15-11)12-4-3-9(13(17)18)7-10(12)14/h3-8H,14H2,1-2H3,(H,17,18). The molecular formula is C13H15N3O2. The van der Waals surface area contributed by atoms with E-state index >= 15 is 0 Å². The number of aromatic nitrogens is 2. The van der Waals surface area contributed by atoms with E-state index in [0.717, 1.165) is 5.69 Å². The van der Waals surface area contributed by atoms with E-state index in [1.54, 1.807) is 10.7 Å². The van der Waals surface area contributed by atoms with Crippen molar-refractivity contribution >= 4 is 11.7 Å². The summed E-state index contributed by atoms with van der Waals surface area (Å²) in [6, 6.07) is 6.55. The third kappa shape index (κ3) is 2.20. The van der Waals surface area contributed by atoms with E-state index in [1.165, 1.54) is 12.1 Å². The van der Waals surface area contributed by atoms with Crippen molar-refractivity contribution in [2.45, 2.75) is 19.8 Å². The van der Waals surface area contributed by atoms with Gasteiger partial charge in [-0.2, -0.15) is 5.10 Å². The van der Waals surface area contributed by atoms with Gasteiger partial charge in [-0.25, -0.2) is 9.48 Å². The second kappa shape index (κ2) is 4.52. The highest BCUT2D eigenvalue weighted by molar-refractivity contribution is 5.89. The van der Waals surface area contributed by atoms with E-state index in [0.29, 0.717) is 17.3 Å². The zero-order valence-corrected chi connectivity index (χ0v) is 10.3. The number of aromatic carboxylic acids is 1. The Balaban J connectivity index is 2.41. The van der Waals surface area contributed by atoms with Crippen molar-refractivity contribution < 1.29 is 9.90 Å². The van der Waals surface area contributed by atoms with Crippen LogP contribution >= 0.6 is 0 Å². The minimum atomic E-state index is -0.989. The van der Waals surface area contributed by atoms with Crippen LogP contribution in [0.2, 0.25) is 0 Å². The molecule has 1 aromatic carbocycles. The van der Waals surface area contributed by atoms with Gasteiger partial charge in [-0.05, 0) is 30.2 Å². The molecule has 5 heteroatoms. The molecule has 0 radical (unpaired) electrons. The number of carboxylic acids is 1. The van der Waals surface area contributed by atoms with Gasteiger partial charge in [0.2, 0.25) is 0 Å². The Bertz CT molecular complexity index is 588. The van der Waals surface area contributed by atoms with Gasteiger partial charge in [0.1, 0.15) is 0 Å². The minimum absolute atomic E-state index is 0.174. The molecule has 2 aromatic rings. The smallest absolute Gasteiger partial charge is 0.335 e. The molecule has 1 aromatic heterocycles. The number of carbonyl (C=O) groups is 1.